The normalized spacial score (nSPS) is 27.8. The average Bonchev–Trinajstić information content (AvgIpc) is 3.42. The zero-order chi connectivity index (χ0) is 25.6. The summed E-state index contributed by atoms with van der Waals surface area (Å²) in [5, 5.41) is 1.57. The second kappa shape index (κ2) is 9.96. The maximum absolute atomic E-state index is 13.6. The fourth-order valence-corrected chi connectivity index (χ4v) is 8.03. The van der Waals surface area contributed by atoms with Crippen molar-refractivity contribution in [1.29, 1.82) is 0 Å². The second-order valence-corrected chi connectivity index (χ2v) is 12.2. The fourth-order valence-electron chi connectivity index (χ4n) is 5.60. The number of rotatable bonds is 6. The van der Waals surface area contributed by atoms with Gasteiger partial charge in [-0.3, -0.25) is 4.79 Å². The molecule has 1 saturated heterocycles. The van der Waals surface area contributed by atoms with Crippen LogP contribution in [0.5, 0.6) is 0 Å². The van der Waals surface area contributed by atoms with Gasteiger partial charge in [-0.15, -0.1) is 0 Å². The van der Waals surface area contributed by atoms with E-state index < -0.39 is 38.4 Å². The van der Waals surface area contributed by atoms with Crippen LogP contribution in [0.25, 0.3) is 0 Å². The van der Waals surface area contributed by atoms with Gasteiger partial charge in [-0.1, -0.05) is 11.6 Å². The van der Waals surface area contributed by atoms with E-state index >= 15 is 0 Å². The predicted molar refractivity (Wildman–Crippen MR) is 126 cm³/mol. The van der Waals surface area contributed by atoms with Gasteiger partial charge in [-0.2, -0.15) is 0 Å². The molecule has 194 valence electrons. The number of hydrogen-bond donors (Lipinski definition) is 1. The lowest BCUT2D eigenvalue weighted by atomic mass is 9.85. The molecule has 36 heavy (non-hydrogen) atoms. The molecular weight excluding hydrogens is 519 g/mol. The quantitative estimate of drug-likeness (QED) is 0.487. The van der Waals surface area contributed by atoms with Crippen molar-refractivity contribution in [2.45, 2.75) is 61.1 Å². The van der Waals surface area contributed by atoms with Crippen molar-refractivity contribution in [3.63, 3.8) is 0 Å². The van der Waals surface area contributed by atoms with Crippen LogP contribution in [0.2, 0.25) is 5.02 Å². The summed E-state index contributed by atoms with van der Waals surface area (Å²) in [6, 6.07) is 5.05. The van der Waals surface area contributed by atoms with Gasteiger partial charge in [0.05, 0.1) is 21.3 Å². The van der Waals surface area contributed by atoms with Crippen molar-refractivity contribution in [2.75, 3.05) is 11.9 Å². The molecule has 2 saturated carbocycles. The van der Waals surface area contributed by atoms with Crippen molar-refractivity contribution >= 4 is 33.0 Å². The molecule has 1 heterocycles. The second-order valence-electron chi connectivity index (χ2n) is 9.63. The highest BCUT2D eigenvalue weighted by Gasteiger charge is 2.48. The number of carbonyl (C=O) groups is 1. The van der Waals surface area contributed by atoms with Gasteiger partial charge in [0.2, 0.25) is 0 Å². The summed E-state index contributed by atoms with van der Waals surface area (Å²) in [7, 11) is -3.89. The molecule has 2 aromatic carbocycles. The molecule has 2 aromatic rings. The average molecular weight is 544 g/mol. The Labute approximate surface area is 212 Å². The summed E-state index contributed by atoms with van der Waals surface area (Å²) in [6.07, 6.45) is 4.18. The van der Waals surface area contributed by atoms with Gasteiger partial charge in [-0.25, -0.2) is 21.6 Å². The van der Waals surface area contributed by atoms with Crippen LogP contribution in [-0.4, -0.2) is 38.6 Å². The van der Waals surface area contributed by atoms with Gasteiger partial charge in [0, 0.05) is 36.4 Å². The third kappa shape index (κ3) is 4.88. The van der Waals surface area contributed by atoms with Crippen molar-refractivity contribution in [2.24, 2.45) is 11.8 Å². The van der Waals surface area contributed by atoms with Crippen LogP contribution >= 0.6 is 11.6 Å². The first-order valence-electron chi connectivity index (χ1n) is 11.9. The zero-order valence-corrected chi connectivity index (χ0v) is 20.8. The summed E-state index contributed by atoms with van der Waals surface area (Å²) in [6.45, 7) is 0.678. The highest BCUT2D eigenvalue weighted by atomic mass is 35.5. The first-order valence-corrected chi connectivity index (χ1v) is 13.8. The monoisotopic (exact) mass is 543 g/mol. The number of benzene rings is 2. The molecule has 3 fully saturated rings. The Hall–Kier alpha value is -2.14. The van der Waals surface area contributed by atoms with Crippen molar-refractivity contribution in [1.82, 2.24) is 0 Å². The molecule has 1 N–H and O–H groups in total. The maximum Gasteiger partial charge on any atom is 0.255 e. The number of halogens is 4. The number of carbonyl (C=O) groups excluding carboxylic acids is 1. The van der Waals surface area contributed by atoms with E-state index in [9.17, 15) is 26.4 Å². The molecule has 3 aliphatic rings. The van der Waals surface area contributed by atoms with Crippen LogP contribution < -0.4 is 5.32 Å². The van der Waals surface area contributed by atoms with Crippen LogP contribution in [0.15, 0.2) is 35.2 Å². The Morgan fingerprint density at radius 3 is 2.31 bits per heavy atom. The Balaban J connectivity index is 1.34. The Kier molecular flexibility index (Phi) is 7.06. The summed E-state index contributed by atoms with van der Waals surface area (Å²) in [4.78, 5) is 12.5. The van der Waals surface area contributed by atoms with Crippen LogP contribution in [0, 0.1) is 29.3 Å². The molecule has 2 bridgehead atoms. The number of sulfone groups is 1. The highest BCUT2D eigenvalue weighted by molar-refractivity contribution is 7.92. The van der Waals surface area contributed by atoms with Gasteiger partial charge < -0.3 is 14.8 Å². The van der Waals surface area contributed by atoms with E-state index in [0.29, 0.717) is 31.6 Å². The molecule has 11 heteroatoms. The SMILES string of the molecule is O=C(Nc1cc(F)c(F)c(F)c1)c1ccc(Cl)c(S(=O)(=O)C2CC3CC[C@@H](C2)C3OC2CCCO2)c1. The van der Waals surface area contributed by atoms with Gasteiger partial charge in [0.15, 0.2) is 33.6 Å². The third-order valence-corrected chi connectivity index (χ3v) is 10.0. The lowest BCUT2D eigenvalue weighted by Gasteiger charge is -2.36. The van der Waals surface area contributed by atoms with Crippen LogP contribution in [0.4, 0.5) is 18.9 Å². The fraction of sp³-hybridized carbons (Fsp3) is 0.480. The number of anilines is 1. The minimum atomic E-state index is -3.89. The maximum atomic E-state index is 13.6. The van der Waals surface area contributed by atoms with Gasteiger partial charge in [0.25, 0.3) is 5.91 Å². The summed E-state index contributed by atoms with van der Waals surface area (Å²) in [5.74, 6) is -5.20. The summed E-state index contributed by atoms with van der Waals surface area (Å²) < 4.78 is 79.2. The predicted octanol–water partition coefficient (Wildman–Crippen LogP) is 5.49. The molecule has 0 aromatic heterocycles. The molecule has 6 nitrogen and oxygen atoms in total. The minimum Gasteiger partial charge on any atom is -0.353 e. The Morgan fingerprint density at radius 2 is 1.69 bits per heavy atom. The van der Waals surface area contributed by atoms with Crippen LogP contribution in [-0.2, 0) is 19.3 Å². The summed E-state index contributed by atoms with van der Waals surface area (Å²) in [5.41, 5.74) is -0.376. The van der Waals surface area contributed by atoms with Gasteiger partial charge in [0.1, 0.15) is 0 Å². The van der Waals surface area contributed by atoms with E-state index in [-0.39, 0.29) is 45.4 Å². The number of amides is 1. The van der Waals surface area contributed by atoms with Crippen LogP contribution in [0.3, 0.4) is 0 Å². The van der Waals surface area contributed by atoms with Crippen molar-refractivity contribution < 1.29 is 35.9 Å². The van der Waals surface area contributed by atoms with Crippen molar-refractivity contribution in [3.8, 4) is 0 Å². The van der Waals surface area contributed by atoms with E-state index in [1.165, 1.54) is 18.2 Å². The van der Waals surface area contributed by atoms with E-state index in [2.05, 4.69) is 5.32 Å². The van der Waals surface area contributed by atoms with E-state index in [1.54, 1.807) is 0 Å². The number of fused-ring (bicyclic) bond motifs is 2. The zero-order valence-electron chi connectivity index (χ0n) is 19.2. The standard InChI is InChI=1S/C25H25ClF3NO5S/c26-18-6-5-15(25(31)30-16-11-19(27)23(29)20(28)12-16)10-21(18)36(32,33)17-8-13-3-4-14(9-17)24(13)35-22-2-1-7-34-22/h5-6,10-14,17,22,24H,1-4,7-9H2,(H,30,31)/t13-,14?,17?,22?,24?/m0/s1. The lowest BCUT2D eigenvalue weighted by molar-refractivity contribution is -0.169. The molecule has 0 radical (unpaired) electrons. The topological polar surface area (TPSA) is 81.7 Å². The van der Waals surface area contributed by atoms with Gasteiger partial charge in [-0.05, 0) is 62.1 Å². The number of hydrogen-bond acceptors (Lipinski definition) is 5. The highest BCUT2D eigenvalue weighted by Crippen LogP contribution is 2.48. The first kappa shape index (κ1) is 25.5. The Morgan fingerprint density at radius 1 is 1.03 bits per heavy atom. The third-order valence-electron chi connectivity index (χ3n) is 7.35. The molecule has 4 unspecified atom stereocenters. The van der Waals surface area contributed by atoms with Crippen molar-refractivity contribution in [3.05, 3.63) is 58.4 Å². The van der Waals surface area contributed by atoms with E-state index in [4.69, 9.17) is 21.1 Å². The van der Waals surface area contributed by atoms with E-state index in [1.807, 2.05) is 0 Å². The molecule has 1 aliphatic heterocycles. The minimum absolute atomic E-state index is 0.0181. The largest absolute Gasteiger partial charge is 0.353 e. The van der Waals surface area contributed by atoms with Crippen LogP contribution in [0.1, 0.15) is 48.9 Å². The number of nitrogens with one attached hydrogen (secondary N) is 1. The Bertz CT molecular complexity index is 1250. The molecule has 5 rings (SSSR count). The summed E-state index contributed by atoms with van der Waals surface area (Å²) >= 11 is 6.26. The lowest BCUT2D eigenvalue weighted by Crippen LogP contribution is -2.40. The molecule has 1 amide bonds. The van der Waals surface area contributed by atoms with E-state index in [0.717, 1.165) is 25.7 Å². The first-order chi connectivity index (χ1) is 17.1. The molecule has 5 atom stereocenters. The molecular formula is C25H25ClF3NO5S. The molecule has 0 spiro atoms. The van der Waals surface area contributed by atoms with Gasteiger partial charge >= 0.3 is 0 Å². The smallest absolute Gasteiger partial charge is 0.255 e. The number of ether oxygens (including phenoxy) is 2. The molecule has 2 aliphatic carbocycles.